The van der Waals surface area contributed by atoms with Crippen molar-refractivity contribution in [1.82, 2.24) is 0 Å². The molecule has 1 N–H and O–H groups in total. The third-order valence-corrected chi connectivity index (χ3v) is 3.36. The molecule has 0 aliphatic rings. The highest BCUT2D eigenvalue weighted by atomic mass is 32.3. The van der Waals surface area contributed by atoms with Gasteiger partial charge in [0.15, 0.2) is 0 Å². The van der Waals surface area contributed by atoms with Crippen LogP contribution < -0.4 is 0 Å². The molecular weight excluding hydrogens is 276 g/mol. The highest BCUT2D eigenvalue weighted by Crippen LogP contribution is 2.09. The van der Waals surface area contributed by atoms with Gasteiger partial charge >= 0.3 is 10.4 Å². The van der Waals surface area contributed by atoms with E-state index >= 15 is 0 Å². The lowest BCUT2D eigenvalue weighted by Crippen LogP contribution is -2.03. The van der Waals surface area contributed by atoms with E-state index < -0.39 is 10.4 Å². The van der Waals surface area contributed by atoms with Crippen LogP contribution in [0, 0.1) is 0 Å². The lowest BCUT2D eigenvalue weighted by Gasteiger charge is -1.99. The van der Waals surface area contributed by atoms with Crippen LogP contribution in [-0.2, 0) is 14.6 Å². The molecule has 0 saturated heterocycles. The van der Waals surface area contributed by atoms with Gasteiger partial charge in [-0.15, -0.1) is 0 Å². The normalized spacial score (nSPS) is 11.0. The fraction of sp³-hybridized carbons (Fsp3) is 1.00. The summed E-state index contributed by atoms with van der Waals surface area (Å²) in [4.78, 5) is 0. The van der Waals surface area contributed by atoms with Gasteiger partial charge in [0.25, 0.3) is 0 Å². The van der Waals surface area contributed by atoms with Crippen LogP contribution in [0.4, 0.5) is 0 Å². The summed E-state index contributed by atoms with van der Waals surface area (Å²) in [6.07, 6.45) is 15.0. The number of unbranched alkanes of at least 4 members (excludes halogenated alkanes) is 9. The van der Waals surface area contributed by atoms with Gasteiger partial charge in [-0.1, -0.05) is 85.0 Å². The Morgan fingerprint density at radius 2 is 1.05 bits per heavy atom. The van der Waals surface area contributed by atoms with E-state index in [1.54, 1.807) is 6.92 Å². The molecule has 0 saturated carbocycles. The van der Waals surface area contributed by atoms with Gasteiger partial charge in [-0.3, -0.25) is 4.55 Å². The second kappa shape index (κ2) is 16.9. The fourth-order valence-corrected chi connectivity index (χ4v) is 2.13. The predicted octanol–water partition coefficient (Wildman–Crippen LogP) is 5.14. The third-order valence-electron chi connectivity index (χ3n) is 2.89. The topological polar surface area (TPSA) is 63.6 Å². The molecule has 0 aliphatic heterocycles. The Labute approximate surface area is 126 Å². The number of rotatable bonds is 12. The van der Waals surface area contributed by atoms with Crippen LogP contribution in [0.15, 0.2) is 0 Å². The van der Waals surface area contributed by atoms with Gasteiger partial charge < -0.3 is 0 Å². The Morgan fingerprint density at radius 3 is 1.25 bits per heavy atom. The van der Waals surface area contributed by atoms with Crippen LogP contribution >= 0.6 is 0 Å². The van der Waals surface area contributed by atoms with E-state index in [-0.39, 0.29) is 6.61 Å². The van der Waals surface area contributed by atoms with Crippen LogP contribution in [0.5, 0.6) is 0 Å². The first-order chi connectivity index (χ1) is 9.47. The third kappa shape index (κ3) is 26.4. The first-order valence-corrected chi connectivity index (χ1v) is 9.46. The lowest BCUT2D eigenvalue weighted by atomic mass is 10.1. The van der Waals surface area contributed by atoms with Crippen molar-refractivity contribution >= 4 is 10.4 Å². The van der Waals surface area contributed by atoms with Crippen LogP contribution in [0.2, 0.25) is 0 Å². The first kappa shape index (κ1) is 22.2. The summed E-state index contributed by atoms with van der Waals surface area (Å²) in [7, 11) is -4.19. The predicted molar refractivity (Wildman–Crippen MR) is 85.3 cm³/mol. The van der Waals surface area contributed by atoms with Crippen LogP contribution in [0.25, 0.3) is 0 Å². The van der Waals surface area contributed by atoms with Gasteiger partial charge in [0.2, 0.25) is 0 Å². The van der Waals surface area contributed by atoms with E-state index in [4.69, 9.17) is 4.55 Å². The van der Waals surface area contributed by atoms with E-state index in [9.17, 15) is 8.42 Å². The highest BCUT2D eigenvalue weighted by Gasteiger charge is 2.00. The monoisotopic (exact) mass is 310 g/mol. The Hall–Kier alpha value is -0.130. The minimum Gasteiger partial charge on any atom is -0.264 e. The molecule has 0 radical (unpaired) electrons. The highest BCUT2D eigenvalue weighted by molar-refractivity contribution is 7.80. The Bertz CT molecular complexity index is 253. The maximum absolute atomic E-state index is 9.72. The molecule has 0 bridgehead atoms. The first-order valence-electron chi connectivity index (χ1n) is 8.09. The fourth-order valence-electron chi connectivity index (χ4n) is 1.75. The van der Waals surface area contributed by atoms with Gasteiger partial charge in [-0.25, -0.2) is 4.18 Å². The molecule has 0 heterocycles. The second-order valence-corrected chi connectivity index (χ2v) is 6.17. The summed E-state index contributed by atoms with van der Waals surface area (Å²) in [6.45, 7) is 6.34. The molecule has 0 aromatic carbocycles. The van der Waals surface area contributed by atoms with E-state index in [1.807, 2.05) is 0 Å². The molecule has 0 atom stereocenters. The van der Waals surface area contributed by atoms with Crippen LogP contribution in [0.1, 0.15) is 91.4 Å². The molecule has 0 aromatic heterocycles. The van der Waals surface area contributed by atoms with E-state index in [0.717, 1.165) is 0 Å². The largest absolute Gasteiger partial charge is 0.397 e. The molecule has 20 heavy (non-hydrogen) atoms. The average Bonchev–Trinajstić information content (AvgIpc) is 2.39. The molecule has 0 amide bonds. The van der Waals surface area contributed by atoms with Gasteiger partial charge in [-0.2, -0.15) is 8.42 Å². The summed E-state index contributed by atoms with van der Waals surface area (Å²) in [5, 5.41) is 0. The molecule has 0 rings (SSSR count). The summed E-state index contributed by atoms with van der Waals surface area (Å²) in [6, 6.07) is 0. The minimum atomic E-state index is -4.19. The van der Waals surface area contributed by atoms with Crippen LogP contribution in [-0.4, -0.2) is 19.6 Å². The zero-order valence-corrected chi connectivity index (χ0v) is 14.4. The Morgan fingerprint density at radius 1 is 0.700 bits per heavy atom. The molecule has 0 aromatic rings. The van der Waals surface area contributed by atoms with Crippen molar-refractivity contribution in [3.05, 3.63) is 0 Å². The smallest absolute Gasteiger partial charge is 0.264 e. The molecule has 0 aliphatic carbocycles. The molecule has 4 nitrogen and oxygen atoms in total. The van der Waals surface area contributed by atoms with Crippen molar-refractivity contribution in [2.75, 3.05) is 6.61 Å². The van der Waals surface area contributed by atoms with Gasteiger partial charge in [0.05, 0.1) is 6.61 Å². The van der Waals surface area contributed by atoms with Gasteiger partial charge in [0.1, 0.15) is 0 Å². The summed E-state index contributed by atoms with van der Waals surface area (Å²) in [5.41, 5.74) is 0. The maximum atomic E-state index is 9.72. The summed E-state index contributed by atoms with van der Waals surface area (Å²) in [5.74, 6) is 0. The zero-order valence-electron chi connectivity index (χ0n) is 13.6. The zero-order chi connectivity index (χ0) is 15.7. The van der Waals surface area contributed by atoms with Gasteiger partial charge in [0, 0.05) is 0 Å². The maximum Gasteiger partial charge on any atom is 0.397 e. The van der Waals surface area contributed by atoms with Crippen molar-refractivity contribution < 1.29 is 17.2 Å². The summed E-state index contributed by atoms with van der Waals surface area (Å²) < 4.78 is 31.3. The number of hydrogen-bond donors (Lipinski definition) is 1. The average molecular weight is 310 g/mol. The van der Waals surface area contributed by atoms with Crippen molar-refractivity contribution in [3.8, 4) is 0 Å². The van der Waals surface area contributed by atoms with E-state index in [2.05, 4.69) is 18.0 Å². The molecule has 0 unspecified atom stereocenters. The van der Waals surface area contributed by atoms with E-state index in [1.165, 1.54) is 64.2 Å². The van der Waals surface area contributed by atoms with Crippen molar-refractivity contribution in [3.63, 3.8) is 0 Å². The molecule has 5 heteroatoms. The lowest BCUT2D eigenvalue weighted by molar-refractivity contribution is 0.269. The standard InChI is InChI=1S/C12H26.C3H8O4S/c1-3-5-7-9-11-12-10-8-6-4-2;1-2-3-7-8(4,5)6/h3-12H2,1-2H3;2-3H2,1H3,(H,4,5,6). The Balaban J connectivity index is 0. The molecule has 0 spiro atoms. The summed E-state index contributed by atoms with van der Waals surface area (Å²) >= 11 is 0. The van der Waals surface area contributed by atoms with E-state index in [0.29, 0.717) is 6.42 Å². The van der Waals surface area contributed by atoms with Crippen molar-refractivity contribution in [2.24, 2.45) is 0 Å². The Kier molecular flexibility index (Phi) is 18.7. The second-order valence-electron chi connectivity index (χ2n) is 5.08. The van der Waals surface area contributed by atoms with Gasteiger partial charge in [-0.05, 0) is 6.42 Å². The SMILES string of the molecule is CCCCCCCCCCCC.CCCOS(=O)(=O)O. The molecule has 0 fully saturated rings. The van der Waals surface area contributed by atoms with Crippen molar-refractivity contribution in [2.45, 2.75) is 91.4 Å². The minimum absolute atomic E-state index is 0.0405. The quantitative estimate of drug-likeness (QED) is 0.400. The molecule has 124 valence electrons. The van der Waals surface area contributed by atoms with Crippen molar-refractivity contribution in [1.29, 1.82) is 0 Å². The molecular formula is C15H34O4S. The number of hydrogen-bond acceptors (Lipinski definition) is 3. The van der Waals surface area contributed by atoms with Crippen LogP contribution in [0.3, 0.4) is 0 Å².